The van der Waals surface area contributed by atoms with Crippen LogP contribution < -0.4 is 10.6 Å². The van der Waals surface area contributed by atoms with Crippen LogP contribution in [0.25, 0.3) is 79.0 Å². The summed E-state index contributed by atoms with van der Waals surface area (Å²) in [5.41, 5.74) is 9.61. The van der Waals surface area contributed by atoms with E-state index < -0.39 is 0 Å². The van der Waals surface area contributed by atoms with Gasteiger partial charge in [-0.2, -0.15) is 0 Å². The van der Waals surface area contributed by atoms with Crippen LogP contribution in [0.3, 0.4) is 0 Å². The average Bonchev–Trinajstić information content (AvgIpc) is 3.96. The van der Waals surface area contributed by atoms with Gasteiger partial charge in [0.25, 0.3) is 0 Å². The third-order valence-corrected chi connectivity index (χ3v) is 13.9. The minimum atomic E-state index is -0.177. The fourth-order valence-electron chi connectivity index (χ4n) is 8.84. The lowest BCUT2D eigenvalue weighted by atomic mass is 10.0. The number of thiophene rings is 2. The van der Waals surface area contributed by atoms with Crippen molar-refractivity contribution in [2.75, 3.05) is 0 Å². The van der Waals surface area contributed by atoms with Crippen LogP contribution in [-0.2, 0) is 0 Å². The number of hydrogen-bond acceptors (Lipinski definition) is 5. The monoisotopic (exact) mass is 766 g/mol. The predicted molar refractivity (Wildman–Crippen MR) is 243 cm³/mol. The Bertz CT molecular complexity index is 3320. The number of hydrogen-bond donors (Lipinski definition) is 2. The van der Waals surface area contributed by atoms with Crippen molar-refractivity contribution >= 4 is 90.7 Å². The fourth-order valence-corrected chi connectivity index (χ4v) is 11.3. The lowest BCUT2D eigenvalue weighted by Crippen LogP contribution is -2.45. The summed E-state index contributed by atoms with van der Waals surface area (Å²) in [6, 6.07) is 66.0. The van der Waals surface area contributed by atoms with Gasteiger partial charge in [-0.05, 0) is 53.1 Å². The van der Waals surface area contributed by atoms with E-state index in [0.29, 0.717) is 0 Å². The molecule has 1 aliphatic heterocycles. The highest BCUT2D eigenvalue weighted by atomic mass is 32.1. The lowest BCUT2D eigenvalue weighted by Gasteiger charge is -2.32. The normalized spacial score (nSPS) is 15.9. The summed E-state index contributed by atoms with van der Waals surface area (Å²) >= 11 is 3.77. The van der Waals surface area contributed by atoms with Gasteiger partial charge in [-0.15, -0.1) is 22.7 Å². The molecule has 6 heteroatoms. The van der Waals surface area contributed by atoms with E-state index in [1.165, 1.54) is 84.5 Å². The van der Waals surface area contributed by atoms with Gasteiger partial charge in [-0.25, -0.2) is 4.99 Å². The molecule has 270 valence electrons. The second-order valence-corrected chi connectivity index (χ2v) is 16.9. The Morgan fingerprint density at radius 1 is 0.474 bits per heavy atom. The molecule has 8 aromatic carbocycles. The van der Waals surface area contributed by atoms with E-state index >= 15 is 0 Å². The minimum absolute atomic E-state index is 0.126. The number of nitrogens with zero attached hydrogens (tertiary/aromatic N) is 2. The third-order valence-electron chi connectivity index (χ3n) is 11.5. The van der Waals surface area contributed by atoms with E-state index in [1.807, 2.05) is 22.7 Å². The van der Waals surface area contributed by atoms with Gasteiger partial charge >= 0.3 is 0 Å². The number of fused-ring (bicyclic) bond motifs is 9. The van der Waals surface area contributed by atoms with Crippen LogP contribution in [0, 0.1) is 0 Å². The molecule has 0 saturated carbocycles. The van der Waals surface area contributed by atoms with Crippen molar-refractivity contribution < 1.29 is 0 Å². The average molecular weight is 767 g/mol. The highest BCUT2D eigenvalue weighted by molar-refractivity contribution is 7.26. The molecule has 0 fully saturated rings. The number of para-hydroxylation sites is 2. The highest BCUT2D eigenvalue weighted by Gasteiger charge is 2.27. The first-order chi connectivity index (χ1) is 28.2. The van der Waals surface area contributed by atoms with E-state index in [4.69, 9.17) is 4.99 Å². The van der Waals surface area contributed by atoms with E-state index in [2.05, 4.69) is 197 Å². The summed E-state index contributed by atoms with van der Waals surface area (Å²) in [4.78, 5) is 5.15. The highest BCUT2D eigenvalue weighted by Crippen LogP contribution is 2.44. The van der Waals surface area contributed by atoms with Crippen LogP contribution in [0.1, 0.15) is 29.0 Å². The molecular formula is C51H34N4S2. The van der Waals surface area contributed by atoms with Crippen molar-refractivity contribution in [3.8, 4) is 16.8 Å². The first-order valence-corrected chi connectivity index (χ1v) is 21.0. The number of aliphatic imine (C=N–C) groups is 1. The SMILES string of the molecule is c1ccc(C2=NC(c3ccccc3)NC(c3cccc4c3sc3cc(-c5cccc6c5sc5ccc(-n7c8ccccc8c8ccccc87)cc56)ccc34)N2)cc1. The van der Waals surface area contributed by atoms with Crippen molar-refractivity contribution in [1.82, 2.24) is 15.2 Å². The largest absolute Gasteiger partial charge is 0.350 e. The summed E-state index contributed by atoms with van der Waals surface area (Å²) in [7, 11) is 0. The number of nitrogens with one attached hydrogen (secondary N) is 2. The molecule has 0 saturated heterocycles. The maximum atomic E-state index is 5.15. The van der Waals surface area contributed by atoms with Gasteiger partial charge in [0.1, 0.15) is 18.2 Å². The maximum absolute atomic E-state index is 5.15. The molecule has 0 aliphatic carbocycles. The molecule has 0 spiro atoms. The Morgan fingerprint density at radius 3 is 1.93 bits per heavy atom. The zero-order valence-electron chi connectivity index (χ0n) is 30.7. The standard InChI is InChI=1S/C51H34N4S2/c1-3-13-31(14-4-1)49-52-50(32-15-5-2-6-16-32)54-51(53-49)41-22-12-20-39-38-27-25-33(29-46(38)57-48(39)41)35-19-11-21-40-42-30-34(26-28-45(42)56-47(35)40)55-43-23-9-7-17-36(43)37-18-8-10-24-44(37)55/h1-30,49,51,53H,(H,52,54). The lowest BCUT2D eigenvalue weighted by molar-refractivity contribution is 0.411. The van der Waals surface area contributed by atoms with Gasteiger partial charge in [-0.3, -0.25) is 5.32 Å². The van der Waals surface area contributed by atoms with Crippen LogP contribution >= 0.6 is 22.7 Å². The molecule has 4 nitrogen and oxygen atoms in total. The Labute approximate surface area is 337 Å². The molecule has 0 bridgehead atoms. The van der Waals surface area contributed by atoms with Crippen LogP contribution in [0.5, 0.6) is 0 Å². The fraction of sp³-hybridized carbons (Fsp3) is 0.0392. The second-order valence-electron chi connectivity index (χ2n) is 14.8. The van der Waals surface area contributed by atoms with Gasteiger partial charge in [0, 0.05) is 67.9 Å². The van der Waals surface area contributed by atoms with Gasteiger partial charge in [0.15, 0.2) is 0 Å². The first kappa shape index (κ1) is 32.7. The number of amidine groups is 1. The molecule has 0 amide bonds. The van der Waals surface area contributed by atoms with Crippen LogP contribution in [0.2, 0.25) is 0 Å². The number of rotatable bonds is 5. The molecule has 57 heavy (non-hydrogen) atoms. The second kappa shape index (κ2) is 13.0. The molecule has 12 rings (SSSR count). The molecule has 11 aromatic rings. The molecular weight excluding hydrogens is 733 g/mol. The van der Waals surface area contributed by atoms with Crippen molar-refractivity contribution in [2.45, 2.75) is 12.3 Å². The zero-order chi connectivity index (χ0) is 37.5. The van der Waals surface area contributed by atoms with Crippen molar-refractivity contribution in [2.24, 2.45) is 4.99 Å². The van der Waals surface area contributed by atoms with Crippen molar-refractivity contribution in [3.63, 3.8) is 0 Å². The molecule has 0 radical (unpaired) electrons. The number of benzene rings is 8. The van der Waals surface area contributed by atoms with Gasteiger partial charge < -0.3 is 9.88 Å². The Balaban J connectivity index is 0.953. The predicted octanol–water partition coefficient (Wildman–Crippen LogP) is 13.5. The van der Waals surface area contributed by atoms with E-state index in [1.54, 1.807) is 0 Å². The Morgan fingerprint density at radius 2 is 1.14 bits per heavy atom. The maximum Gasteiger partial charge on any atom is 0.131 e. The quantitative estimate of drug-likeness (QED) is 0.183. The van der Waals surface area contributed by atoms with Gasteiger partial charge in [0.05, 0.1) is 11.0 Å². The number of aromatic nitrogens is 1. The van der Waals surface area contributed by atoms with Gasteiger partial charge in [0.2, 0.25) is 0 Å². The molecule has 2 atom stereocenters. The zero-order valence-corrected chi connectivity index (χ0v) is 32.3. The summed E-state index contributed by atoms with van der Waals surface area (Å²) in [5.74, 6) is 0.896. The smallest absolute Gasteiger partial charge is 0.131 e. The topological polar surface area (TPSA) is 41.4 Å². The van der Waals surface area contributed by atoms with Crippen LogP contribution in [0.15, 0.2) is 187 Å². The van der Waals surface area contributed by atoms with E-state index in [0.717, 1.165) is 17.0 Å². The minimum Gasteiger partial charge on any atom is -0.350 e. The van der Waals surface area contributed by atoms with Crippen LogP contribution in [-0.4, -0.2) is 10.4 Å². The first-order valence-electron chi connectivity index (χ1n) is 19.4. The molecule has 4 heterocycles. The molecule has 3 aromatic heterocycles. The molecule has 2 unspecified atom stereocenters. The Kier molecular flexibility index (Phi) is 7.45. The molecule has 1 aliphatic rings. The summed E-state index contributed by atoms with van der Waals surface area (Å²) < 4.78 is 7.61. The van der Waals surface area contributed by atoms with Crippen molar-refractivity contribution in [1.29, 1.82) is 0 Å². The molecule has 2 N–H and O–H groups in total. The van der Waals surface area contributed by atoms with Crippen molar-refractivity contribution in [3.05, 3.63) is 199 Å². The summed E-state index contributed by atoms with van der Waals surface area (Å²) in [5, 5.41) is 15.3. The van der Waals surface area contributed by atoms with Gasteiger partial charge in [-0.1, -0.05) is 146 Å². The Hall–Kier alpha value is -6.57. The third kappa shape index (κ3) is 5.26. The summed E-state index contributed by atoms with van der Waals surface area (Å²) in [6.45, 7) is 0. The van der Waals surface area contributed by atoms with Crippen LogP contribution in [0.4, 0.5) is 0 Å². The van der Waals surface area contributed by atoms with E-state index in [9.17, 15) is 0 Å². The van der Waals surface area contributed by atoms with E-state index in [-0.39, 0.29) is 12.3 Å². The summed E-state index contributed by atoms with van der Waals surface area (Å²) in [6.07, 6.45) is -0.303.